The number of hydrogen-bond acceptors (Lipinski definition) is 3. The Kier molecular flexibility index (Phi) is 2.83. The highest BCUT2D eigenvalue weighted by Crippen LogP contribution is 2.15. The van der Waals surface area contributed by atoms with Crippen molar-refractivity contribution in [1.29, 1.82) is 0 Å². The Morgan fingerprint density at radius 1 is 1.47 bits per heavy atom. The Morgan fingerprint density at radius 3 is 3.00 bits per heavy atom. The van der Waals surface area contributed by atoms with Gasteiger partial charge in [-0.3, -0.25) is 4.79 Å². The summed E-state index contributed by atoms with van der Waals surface area (Å²) in [7, 11) is 0. The van der Waals surface area contributed by atoms with Gasteiger partial charge in [-0.05, 0) is 18.2 Å². The van der Waals surface area contributed by atoms with Gasteiger partial charge in [0, 0.05) is 10.9 Å². The van der Waals surface area contributed by atoms with Crippen LogP contribution in [0.25, 0.3) is 10.9 Å². The van der Waals surface area contributed by atoms with Crippen molar-refractivity contribution in [3.63, 3.8) is 0 Å². The predicted molar refractivity (Wildman–Crippen MR) is 60.9 cm³/mol. The molecule has 0 radical (unpaired) electrons. The van der Waals surface area contributed by atoms with Gasteiger partial charge in [0.2, 0.25) is 0 Å². The summed E-state index contributed by atoms with van der Waals surface area (Å²) in [4.78, 5) is 18.5. The van der Waals surface area contributed by atoms with Gasteiger partial charge in [-0.25, -0.2) is 4.98 Å². The van der Waals surface area contributed by atoms with E-state index in [0.717, 1.165) is 4.47 Å². The predicted octanol–water partition coefficient (Wildman–Crippen LogP) is 1.22. The second kappa shape index (κ2) is 4.12. The van der Waals surface area contributed by atoms with E-state index in [1.54, 1.807) is 18.2 Å². The van der Waals surface area contributed by atoms with Gasteiger partial charge in [-0.2, -0.15) is 0 Å². The molecule has 5 heteroatoms. The minimum absolute atomic E-state index is 0.0253. The van der Waals surface area contributed by atoms with E-state index in [1.165, 1.54) is 0 Å². The van der Waals surface area contributed by atoms with Crippen LogP contribution in [0.15, 0.2) is 27.5 Å². The first-order valence-electron chi connectivity index (χ1n) is 4.50. The average Bonchev–Trinajstić information content (AvgIpc) is 2.17. The zero-order valence-electron chi connectivity index (χ0n) is 7.83. The van der Waals surface area contributed by atoms with E-state index >= 15 is 0 Å². The second-order valence-electron chi connectivity index (χ2n) is 3.15. The number of H-pyrrole nitrogens is 1. The molecule has 15 heavy (non-hydrogen) atoms. The molecule has 78 valence electrons. The molecule has 1 heterocycles. The highest BCUT2D eigenvalue weighted by Gasteiger charge is 2.03. The molecular formula is C10H9BrN2O2. The molecule has 1 aromatic carbocycles. The van der Waals surface area contributed by atoms with Crippen LogP contribution in [0.1, 0.15) is 5.82 Å². The molecule has 0 saturated heterocycles. The fraction of sp³-hybridized carbons (Fsp3) is 0.200. The number of hydrogen-bond donors (Lipinski definition) is 2. The third-order valence-electron chi connectivity index (χ3n) is 2.07. The highest BCUT2D eigenvalue weighted by molar-refractivity contribution is 9.10. The first kappa shape index (κ1) is 10.3. The lowest BCUT2D eigenvalue weighted by Gasteiger charge is -2.01. The molecule has 0 atom stereocenters. The van der Waals surface area contributed by atoms with Crippen LogP contribution in [0.5, 0.6) is 0 Å². The van der Waals surface area contributed by atoms with Crippen molar-refractivity contribution >= 4 is 26.8 Å². The minimum Gasteiger partial charge on any atom is -0.396 e. The van der Waals surface area contributed by atoms with Crippen LogP contribution >= 0.6 is 15.9 Å². The van der Waals surface area contributed by atoms with Gasteiger partial charge in [-0.15, -0.1) is 0 Å². The van der Waals surface area contributed by atoms with Crippen LogP contribution in [0, 0.1) is 0 Å². The molecule has 0 saturated carbocycles. The molecule has 0 unspecified atom stereocenters. The number of fused-ring (bicyclic) bond motifs is 1. The fourth-order valence-corrected chi connectivity index (χ4v) is 1.73. The third kappa shape index (κ3) is 2.08. The zero-order valence-corrected chi connectivity index (χ0v) is 9.41. The summed E-state index contributed by atoms with van der Waals surface area (Å²) in [5.41, 5.74) is 0.465. The van der Waals surface area contributed by atoms with Gasteiger partial charge in [0.1, 0.15) is 5.82 Å². The number of aromatic nitrogens is 2. The average molecular weight is 269 g/mol. The Labute approximate surface area is 94.1 Å². The molecular weight excluding hydrogens is 260 g/mol. The number of aliphatic hydroxyl groups is 1. The second-order valence-corrected chi connectivity index (χ2v) is 4.06. The van der Waals surface area contributed by atoms with E-state index in [9.17, 15) is 4.79 Å². The fourth-order valence-electron chi connectivity index (χ4n) is 1.39. The van der Waals surface area contributed by atoms with E-state index in [0.29, 0.717) is 23.1 Å². The Bertz CT molecular complexity index is 551. The number of halogens is 1. The van der Waals surface area contributed by atoms with Gasteiger partial charge in [-0.1, -0.05) is 15.9 Å². The van der Waals surface area contributed by atoms with Crippen molar-refractivity contribution in [3.05, 3.63) is 38.9 Å². The van der Waals surface area contributed by atoms with E-state index < -0.39 is 0 Å². The summed E-state index contributed by atoms with van der Waals surface area (Å²) in [6.07, 6.45) is 0.359. The van der Waals surface area contributed by atoms with E-state index in [-0.39, 0.29) is 12.2 Å². The normalized spacial score (nSPS) is 10.8. The van der Waals surface area contributed by atoms with E-state index in [2.05, 4.69) is 25.9 Å². The maximum Gasteiger partial charge on any atom is 0.258 e. The molecule has 0 aliphatic heterocycles. The first-order valence-corrected chi connectivity index (χ1v) is 5.29. The highest BCUT2D eigenvalue weighted by atomic mass is 79.9. The molecule has 0 aliphatic rings. The summed E-state index contributed by atoms with van der Waals surface area (Å²) < 4.78 is 0.878. The van der Waals surface area contributed by atoms with Crippen LogP contribution < -0.4 is 5.56 Å². The molecule has 0 spiro atoms. The maximum absolute atomic E-state index is 11.6. The first-order chi connectivity index (χ1) is 7.20. The van der Waals surface area contributed by atoms with E-state index in [1.807, 2.05) is 0 Å². The van der Waals surface area contributed by atoms with Crippen LogP contribution in [-0.2, 0) is 6.42 Å². The molecule has 0 amide bonds. The smallest absolute Gasteiger partial charge is 0.258 e. The lowest BCUT2D eigenvalue weighted by Crippen LogP contribution is -2.12. The molecule has 2 rings (SSSR count). The summed E-state index contributed by atoms with van der Waals surface area (Å²) in [5.74, 6) is 0.508. The van der Waals surface area contributed by atoms with Crippen LogP contribution in [-0.4, -0.2) is 21.7 Å². The summed E-state index contributed by atoms with van der Waals surface area (Å²) in [6, 6.07) is 5.30. The standard InChI is InChI=1S/C10H9BrN2O2/c11-6-1-2-7-8(5-6)12-9(3-4-14)13-10(7)15/h1-2,5,14H,3-4H2,(H,12,13,15). The van der Waals surface area contributed by atoms with E-state index in [4.69, 9.17) is 5.11 Å². The SMILES string of the molecule is O=c1[nH]c(CCO)nc2cc(Br)ccc12. The maximum atomic E-state index is 11.6. The molecule has 1 aromatic heterocycles. The molecule has 0 bridgehead atoms. The Morgan fingerprint density at radius 2 is 2.27 bits per heavy atom. The summed E-state index contributed by atoms with van der Waals surface area (Å²) in [5, 5.41) is 9.32. The van der Waals surface area contributed by atoms with Crippen molar-refractivity contribution in [2.45, 2.75) is 6.42 Å². The summed E-state index contributed by atoms with van der Waals surface area (Å²) >= 11 is 3.32. The molecule has 0 fully saturated rings. The lowest BCUT2D eigenvalue weighted by atomic mass is 10.2. The topological polar surface area (TPSA) is 66.0 Å². The Balaban J connectivity index is 2.68. The van der Waals surface area contributed by atoms with Crippen molar-refractivity contribution in [1.82, 2.24) is 9.97 Å². The molecule has 2 N–H and O–H groups in total. The minimum atomic E-state index is -0.170. The molecule has 4 nitrogen and oxygen atoms in total. The number of aliphatic hydroxyl groups excluding tert-OH is 1. The summed E-state index contributed by atoms with van der Waals surface area (Å²) in [6.45, 7) is -0.0253. The lowest BCUT2D eigenvalue weighted by molar-refractivity contribution is 0.296. The van der Waals surface area contributed by atoms with Crippen LogP contribution in [0.4, 0.5) is 0 Å². The number of benzene rings is 1. The Hall–Kier alpha value is -1.20. The van der Waals surface area contributed by atoms with Crippen LogP contribution in [0.2, 0.25) is 0 Å². The third-order valence-corrected chi connectivity index (χ3v) is 2.56. The number of aromatic amines is 1. The van der Waals surface area contributed by atoms with Gasteiger partial charge in [0.05, 0.1) is 17.5 Å². The number of nitrogens with one attached hydrogen (secondary N) is 1. The largest absolute Gasteiger partial charge is 0.396 e. The molecule has 2 aromatic rings. The molecule has 0 aliphatic carbocycles. The number of rotatable bonds is 2. The van der Waals surface area contributed by atoms with Crippen molar-refractivity contribution < 1.29 is 5.11 Å². The number of nitrogens with zero attached hydrogens (tertiary/aromatic N) is 1. The zero-order chi connectivity index (χ0) is 10.8. The van der Waals surface area contributed by atoms with Gasteiger partial charge >= 0.3 is 0 Å². The van der Waals surface area contributed by atoms with Crippen molar-refractivity contribution in [2.24, 2.45) is 0 Å². The van der Waals surface area contributed by atoms with Gasteiger partial charge in [0.15, 0.2) is 0 Å². The van der Waals surface area contributed by atoms with Crippen molar-refractivity contribution in [3.8, 4) is 0 Å². The monoisotopic (exact) mass is 268 g/mol. The van der Waals surface area contributed by atoms with Gasteiger partial charge in [0.25, 0.3) is 5.56 Å². The van der Waals surface area contributed by atoms with Crippen molar-refractivity contribution in [2.75, 3.05) is 6.61 Å². The van der Waals surface area contributed by atoms with Crippen LogP contribution in [0.3, 0.4) is 0 Å². The quantitative estimate of drug-likeness (QED) is 0.861. The van der Waals surface area contributed by atoms with Gasteiger partial charge < -0.3 is 10.1 Å².